The molecule has 0 bridgehead atoms. The van der Waals surface area contributed by atoms with Crippen molar-refractivity contribution in [2.24, 2.45) is 0 Å². The zero-order chi connectivity index (χ0) is 15.2. The Kier molecular flexibility index (Phi) is 12.0. The lowest BCUT2D eigenvalue weighted by atomic mass is 9.79. The molecule has 0 saturated heterocycles. The van der Waals surface area contributed by atoms with Gasteiger partial charge in [-0.3, -0.25) is 4.79 Å². The van der Waals surface area contributed by atoms with Gasteiger partial charge in [-0.15, -0.1) is 5.10 Å². The SMILES string of the molecule is CC.C[B]CCOCCOCCn1cc(C(C)=O)nn1. The first-order valence-electron chi connectivity index (χ1n) is 7.08. The summed E-state index contributed by atoms with van der Waals surface area (Å²) in [4.78, 5) is 11.0. The molecule has 6 nitrogen and oxygen atoms in total. The third kappa shape index (κ3) is 8.82. The summed E-state index contributed by atoms with van der Waals surface area (Å²) in [6.45, 7) is 10.5. The van der Waals surface area contributed by atoms with Crippen LogP contribution >= 0.6 is 0 Å². The zero-order valence-electron chi connectivity index (χ0n) is 13.0. The fourth-order valence-corrected chi connectivity index (χ4v) is 1.25. The molecule has 1 radical (unpaired) electrons. The quantitative estimate of drug-likeness (QED) is 0.371. The van der Waals surface area contributed by atoms with Crippen LogP contribution in [0.4, 0.5) is 0 Å². The lowest BCUT2D eigenvalue weighted by Crippen LogP contribution is -2.11. The maximum absolute atomic E-state index is 11.0. The van der Waals surface area contributed by atoms with Gasteiger partial charge in [0.1, 0.15) is 13.0 Å². The van der Waals surface area contributed by atoms with Gasteiger partial charge in [0.15, 0.2) is 5.78 Å². The molecule has 1 heterocycles. The van der Waals surface area contributed by atoms with Crippen LogP contribution in [-0.2, 0) is 16.0 Å². The smallest absolute Gasteiger partial charge is 0.181 e. The van der Waals surface area contributed by atoms with Crippen LogP contribution in [0.5, 0.6) is 0 Å². The minimum absolute atomic E-state index is 0.0803. The Bertz CT molecular complexity index is 358. The highest BCUT2D eigenvalue weighted by molar-refractivity contribution is 6.33. The van der Waals surface area contributed by atoms with E-state index in [4.69, 9.17) is 9.47 Å². The number of hydrogen-bond donors (Lipinski definition) is 0. The molecule has 1 rings (SSSR count). The van der Waals surface area contributed by atoms with Crippen molar-refractivity contribution in [3.8, 4) is 0 Å². The molecule has 7 heteroatoms. The number of carbonyl (C=O) groups excluding carboxylic acids is 1. The van der Waals surface area contributed by atoms with Gasteiger partial charge in [0.25, 0.3) is 0 Å². The number of ketones is 1. The van der Waals surface area contributed by atoms with E-state index in [9.17, 15) is 4.79 Å². The van der Waals surface area contributed by atoms with Gasteiger partial charge in [-0.2, -0.15) is 0 Å². The molecule has 1 aromatic heterocycles. The molecule has 0 N–H and O–H groups in total. The topological polar surface area (TPSA) is 66.2 Å². The Morgan fingerprint density at radius 3 is 2.45 bits per heavy atom. The van der Waals surface area contributed by atoms with E-state index in [0.29, 0.717) is 32.1 Å². The summed E-state index contributed by atoms with van der Waals surface area (Å²) in [5, 5.41) is 7.57. The van der Waals surface area contributed by atoms with Crippen LogP contribution in [0.25, 0.3) is 0 Å². The van der Waals surface area contributed by atoms with Crippen molar-refractivity contribution in [1.82, 2.24) is 15.0 Å². The summed E-state index contributed by atoms with van der Waals surface area (Å²) in [5.74, 6) is -0.0803. The summed E-state index contributed by atoms with van der Waals surface area (Å²) in [6.07, 6.45) is 2.59. The van der Waals surface area contributed by atoms with E-state index in [1.165, 1.54) is 6.92 Å². The zero-order valence-corrected chi connectivity index (χ0v) is 13.0. The van der Waals surface area contributed by atoms with E-state index in [1.54, 1.807) is 10.9 Å². The van der Waals surface area contributed by atoms with Gasteiger partial charge in [-0.1, -0.05) is 32.2 Å². The molecule has 0 amide bonds. The minimum Gasteiger partial charge on any atom is -0.380 e. The Balaban J connectivity index is 0.00000172. The van der Waals surface area contributed by atoms with Crippen LogP contribution in [-0.4, -0.2) is 54.5 Å². The average Bonchev–Trinajstić information content (AvgIpc) is 2.93. The maximum Gasteiger partial charge on any atom is 0.181 e. The van der Waals surface area contributed by atoms with Gasteiger partial charge in [-0.05, 0) is 0 Å². The highest BCUT2D eigenvalue weighted by Crippen LogP contribution is 1.94. The summed E-state index contributed by atoms with van der Waals surface area (Å²) < 4.78 is 12.3. The molecule has 0 spiro atoms. The van der Waals surface area contributed by atoms with Crippen LogP contribution in [0.3, 0.4) is 0 Å². The van der Waals surface area contributed by atoms with E-state index in [2.05, 4.69) is 17.6 Å². The Morgan fingerprint density at radius 2 is 1.90 bits per heavy atom. The third-order valence-electron chi connectivity index (χ3n) is 2.29. The molecule has 0 aliphatic heterocycles. The second kappa shape index (κ2) is 12.8. The number of hydrogen-bond acceptors (Lipinski definition) is 5. The molecule has 0 atom stereocenters. The van der Waals surface area contributed by atoms with Crippen molar-refractivity contribution < 1.29 is 14.3 Å². The lowest BCUT2D eigenvalue weighted by molar-refractivity contribution is 0.0486. The number of aromatic nitrogens is 3. The molecule has 20 heavy (non-hydrogen) atoms. The predicted molar refractivity (Wildman–Crippen MR) is 79.4 cm³/mol. The van der Waals surface area contributed by atoms with Crippen molar-refractivity contribution in [3.63, 3.8) is 0 Å². The molecule has 113 valence electrons. The summed E-state index contributed by atoms with van der Waals surface area (Å²) in [7, 11) is 2.07. The Morgan fingerprint density at radius 1 is 1.25 bits per heavy atom. The van der Waals surface area contributed by atoms with E-state index >= 15 is 0 Å². The summed E-state index contributed by atoms with van der Waals surface area (Å²) in [6, 6.07) is 0. The van der Waals surface area contributed by atoms with Gasteiger partial charge in [-0.25, -0.2) is 4.68 Å². The van der Waals surface area contributed by atoms with Crippen LogP contribution < -0.4 is 0 Å². The molecule has 0 saturated carbocycles. The first kappa shape index (κ1) is 18.8. The second-order valence-corrected chi connectivity index (χ2v) is 3.84. The highest BCUT2D eigenvalue weighted by atomic mass is 16.5. The van der Waals surface area contributed by atoms with E-state index in [-0.39, 0.29) is 5.78 Å². The molecule has 0 fully saturated rings. The summed E-state index contributed by atoms with van der Waals surface area (Å²) >= 11 is 0. The first-order valence-corrected chi connectivity index (χ1v) is 7.08. The number of ether oxygens (including phenoxy) is 2. The minimum atomic E-state index is -0.0803. The standard InChI is InChI=1S/C11H19BN3O3.C2H6/c1-10(16)11-9-15(14-13-11)4-6-18-8-7-17-5-3-12-2;1-2/h9H,3-8H2,1-2H3;1-2H3. The monoisotopic (exact) mass is 282 g/mol. The maximum atomic E-state index is 11.0. The second-order valence-electron chi connectivity index (χ2n) is 3.84. The van der Waals surface area contributed by atoms with Crippen molar-refractivity contribution in [2.45, 2.75) is 40.5 Å². The van der Waals surface area contributed by atoms with Crippen LogP contribution in [0.1, 0.15) is 31.3 Å². The van der Waals surface area contributed by atoms with Crippen LogP contribution in [0.15, 0.2) is 6.20 Å². The largest absolute Gasteiger partial charge is 0.380 e. The van der Waals surface area contributed by atoms with Gasteiger partial charge in [0.05, 0.1) is 32.6 Å². The van der Waals surface area contributed by atoms with E-state index < -0.39 is 0 Å². The Labute approximate surface area is 122 Å². The molecule has 0 unspecified atom stereocenters. The van der Waals surface area contributed by atoms with Gasteiger partial charge >= 0.3 is 0 Å². The molecule has 0 aliphatic carbocycles. The number of carbonyl (C=O) groups is 1. The lowest BCUT2D eigenvalue weighted by Gasteiger charge is -2.04. The third-order valence-corrected chi connectivity index (χ3v) is 2.29. The highest BCUT2D eigenvalue weighted by Gasteiger charge is 2.04. The first-order chi connectivity index (χ1) is 9.74. The molecule has 0 aromatic carbocycles. The number of Topliss-reactive ketones (excluding diaryl/α,β-unsaturated/α-hetero) is 1. The Hall–Kier alpha value is -1.21. The van der Waals surface area contributed by atoms with E-state index in [1.807, 2.05) is 20.7 Å². The summed E-state index contributed by atoms with van der Waals surface area (Å²) in [5.41, 5.74) is 0.383. The van der Waals surface area contributed by atoms with Gasteiger partial charge in [0.2, 0.25) is 0 Å². The van der Waals surface area contributed by atoms with Crippen molar-refractivity contribution in [2.75, 3.05) is 26.4 Å². The average molecular weight is 282 g/mol. The fraction of sp³-hybridized carbons (Fsp3) is 0.769. The van der Waals surface area contributed by atoms with Crippen molar-refractivity contribution >= 4 is 13.1 Å². The van der Waals surface area contributed by atoms with Crippen molar-refractivity contribution in [3.05, 3.63) is 11.9 Å². The predicted octanol–water partition coefficient (Wildman–Crippen LogP) is 1.71. The number of nitrogens with zero attached hydrogens (tertiary/aromatic N) is 3. The van der Waals surface area contributed by atoms with Gasteiger partial charge < -0.3 is 9.47 Å². The molecular formula is C13H25BN3O3. The molecule has 0 aliphatic rings. The van der Waals surface area contributed by atoms with Crippen LogP contribution in [0, 0.1) is 0 Å². The fourth-order valence-electron chi connectivity index (χ4n) is 1.25. The van der Waals surface area contributed by atoms with Gasteiger partial charge in [0, 0.05) is 13.5 Å². The molecule has 1 aromatic rings. The van der Waals surface area contributed by atoms with Crippen LogP contribution in [0.2, 0.25) is 13.1 Å². The molecular weight excluding hydrogens is 257 g/mol. The number of rotatable bonds is 10. The van der Waals surface area contributed by atoms with Crippen molar-refractivity contribution in [1.29, 1.82) is 0 Å². The normalized spacial score (nSPS) is 9.80. The van der Waals surface area contributed by atoms with E-state index in [0.717, 1.165) is 12.9 Å².